The largest absolute Gasteiger partial charge is 0.0991 e. The summed E-state index contributed by atoms with van der Waals surface area (Å²) in [6, 6.07) is 0. The van der Waals surface area contributed by atoms with Gasteiger partial charge in [-0.05, 0) is 25.7 Å². The Bertz CT molecular complexity index is 182. The minimum Gasteiger partial charge on any atom is -0.0991 e. The minimum absolute atomic E-state index is 0.821. The molecule has 0 aromatic heterocycles. The van der Waals surface area contributed by atoms with Gasteiger partial charge >= 0.3 is 0 Å². The van der Waals surface area contributed by atoms with E-state index in [4.69, 9.17) is 0 Å². The average molecular weight is 178 g/mol. The standard InChI is InChI=1S/C13H22/c1-5-7-10-13(6-2)11-8-9-12(3)4/h5-7,10,12H,1,8-9,11H2,2-4H3/b10-7-,13-6+. The normalized spacial score (nSPS) is 12.8. The molecule has 0 N–H and O–H groups in total. The van der Waals surface area contributed by atoms with Gasteiger partial charge in [0.1, 0.15) is 0 Å². The molecule has 0 aliphatic rings. The van der Waals surface area contributed by atoms with Crippen molar-refractivity contribution in [3.63, 3.8) is 0 Å². The number of rotatable bonds is 6. The van der Waals surface area contributed by atoms with Gasteiger partial charge in [-0.15, -0.1) is 0 Å². The third-order valence-electron chi connectivity index (χ3n) is 2.06. The van der Waals surface area contributed by atoms with E-state index in [9.17, 15) is 0 Å². The van der Waals surface area contributed by atoms with Crippen LogP contribution >= 0.6 is 0 Å². The van der Waals surface area contributed by atoms with Crippen molar-refractivity contribution in [2.24, 2.45) is 5.92 Å². The molecule has 74 valence electrons. The second-order valence-corrected chi connectivity index (χ2v) is 3.74. The first kappa shape index (κ1) is 12.2. The van der Waals surface area contributed by atoms with Crippen molar-refractivity contribution in [3.05, 3.63) is 36.5 Å². The van der Waals surface area contributed by atoms with Crippen LogP contribution in [0.25, 0.3) is 0 Å². The summed E-state index contributed by atoms with van der Waals surface area (Å²) < 4.78 is 0. The second kappa shape index (κ2) is 7.85. The maximum absolute atomic E-state index is 3.66. The van der Waals surface area contributed by atoms with Gasteiger partial charge in [0.2, 0.25) is 0 Å². The Kier molecular flexibility index (Phi) is 7.38. The van der Waals surface area contributed by atoms with Gasteiger partial charge in [-0.2, -0.15) is 0 Å². The van der Waals surface area contributed by atoms with Crippen molar-refractivity contribution >= 4 is 0 Å². The van der Waals surface area contributed by atoms with Crippen molar-refractivity contribution in [2.45, 2.75) is 40.0 Å². The van der Waals surface area contributed by atoms with Crippen LogP contribution in [0.2, 0.25) is 0 Å². The predicted octanol–water partition coefficient (Wildman–Crippen LogP) is 4.50. The first-order valence-electron chi connectivity index (χ1n) is 5.15. The third kappa shape index (κ3) is 7.58. The van der Waals surface area contributed by atoms with Gasteiger partial charge in [0.05, 0.1) is 0 Å². The summed E-state index contributed by atoms with van der Waals surface area (Å²) in [6.45, 7) is 10.3. The summed E-state index contributed by atoms with van der Waals surface area (Å²) >= 11 is 0. The molecule has 0 spiro atoms. The first-order valence-corrected chi connectivity index (χ1v) is 5.15. The van der Waals surface area contributed by atoms with E-state index < -0.39 is 0 Å². The highest BCUT2D eigenvalue weighted by atomic mass is 14.0. The van der Waals surface area contributed by atoms with Gasteiger partial charge in [0, 0.05) is 0 Å². The zero-order valence-corrected chi connectivity index (χ0v) is 9.22. The molecule has 0 saturated carbocycles. The summed E-state index contributed by atoms with van der Waals surface area (Å²) in [5.74, 6) is 0.821. The summed E-state index contributed by atoms with van der Waals surface area (Å²) in [7, 11) is 0. The maximum atomic E-state index is 3.66. The van der Waals surface area contributed by atoms with Crippen molar-refractivity contribution in [1.82, 2.24) is 0 Å². The summed E-state index contributed by atoms with van der Waals surface area (Å²) in [4.78, 5) is 0. The van der Waals surface area contributed by atoms with Crippen molar-refractivity contribution in [2.75, 3.05) is 0 Å². The lowest BCUT2D eigenvalue weighted by atomic mass is 10.0. The summed E-state index contributed by atoms with van der Waals surface area (Å²) in [5, 5.41) is 0. The molecular weight excluding hydrogens is 156 g/mol. The topological polar surface area (TPSA) is 0 Å². The molecule has 0 aliphatic carbocycles. The molecule has 0 aromatic carbocycles. The van der Waals surface area contributed by atoms with Gasteiger partial charge < -0.3 is 0 Å². The molecule has 0 heteroatoms. The SMILES string of the molecule is C=C/C=C\C(=C/C)CCCC(C)C. The van der Waals surface area contributed by atoms with Crippen LogP contribution in [-0.4, -0.2) is 0 Å². The predicted molar refractivity (Wildman–Crippen MR) is 61.8 cm³/mol. The molecule has 0 heterocycles. The van der Waals surface area contributed by atoms with Gasteiger partial charge in [0.25, 0.3) is 0 Å². The molecule has 0 fully saturated rings. The summed E-state index contributed by atoms with van der Waals surface area (Å²) in [5.41, 5.74) is 1.42. The molecule has 0 radical (unpaired) electrons. The molecule has 0 bridgehead atoms. The van der Waals surface area contributed by atoms with Crippen LogP contribution in [0.5, 0.6) is 0 Å². The van der Waals surface area contributed by atoms with Gasteiger partial charge in [-0.1, -0.05) is 56.7 Å². The van der Waals surface area contributed by atoms with E-state index in [-0.39, 0.29) is 0 Å². The van der Waals surface area contributed by atoms with Gasteiger partial charge in [0.15, 0.2) is 0 Å². The molecule has 0 rings (SSSR count). The average Bonchev–Trinajstić information content (AvgIpc) is 2.10. The van der Waals surface area contributed by atoms with E-state index in [2.05, 4.69) is 39.5 Å². The van der Waals surface area contributed by atoms with E-state index in [1.54, 1.807) is 0 Å². The minimum atomic E-state index is 0.821. The Morgan fingerprint density at radius 2 is 2.08 bits per heavy atom. The van der Waals surface area contributed by atoms with Crippen LogP contribution in [0.1, 0.15) is 40.0 Å². The number of hydrogen-bond donors (Lipinski definition) is 0. The fourth-order valence-corrected chi connectivity index (χ4v) is 1.23. The Balaban J connectivity index is 3.74. The Morgan fingerprint density at radius 1 is 1.38 bits per heavy atom. The van der Waals surface area contributed by atoms with E-state index in [1.807, 2.05) is 12.2 Å². The van der Waals surface area contributed by atoms with Crippen LogP contribution in [0.4, 0.5) is 0 Å². The molecule has 0 atom stereocenters. The maximum Gasteiger partial charge on any atom is -0.0282 e. The highest BCUT2D eigenvalue weighted by Crippen LogP contribution is 2.12. The van der Waals surface area contributed by atoms with Crippen LogP contribution in [0.15, 0.2) is 36.5 Å². The van der Waals surface area contributed by atoms with Crippen LogP contribution in [-0.2, 0) is 0 Å². The molecule has 0 nitrogen and oxygen atoms in total. The zero-order chi connectivity index (χ0) is 10.1. The van der Waals surface area contributed by atoms with E-state index in [1.165, 1.54) is 24.8 Å². The molecular formula is C13H22. The smallest absolute Gasteiger partial charge is 0.0282 e. The highest BCUT2D eigenvalue weighted by Gasteiger charge is 1.95. The quantitative estimate of drug-likeness (QED) is 0.525. The summed E-state index contributed by atoms with van der Waals surface area (Å²) in [6.07, 6.45) is 12.0. The van der Waals surface area contributed by atoms with Gasteiger partial charge in [-0.3, -0.25) is 0 Å². The van der Waals surface area contributed by atoms with E-state index in [0.717, 1.165) is 5.92 Å². The van der Waals surface area contributed by atoms with Crippen molar-refractivity contribution in [3.8, 4) is 0 Å². The van der Waals surface area contributed by atoms with Crippen LogP contribution < -0.4 is 0 Å². The lowest BCUT2D eigenvalue weighted by Gasteiger charge is -2.04. The molecule has 0 aliphatic heterocycles. The lowest BCUT2D eigenvalue weighted by molar-refractivity contribution is 0.556. The molecule has 13 heavy (non-hydrogen) atoms. The molecule has 0 aromatic rings. The van der Waals surface area contributed by atoms with Crippen molar-refractivity contribution < 1.29 is 0 Å². The number of allylic oxidation sites excluding steroid dienone is 5. The second-order valence-electron chi connectivity index (χ2n) is 3.74. The lowest BCUT2D eigenvalue weighted by Crippen LogP contribution is -1.87. The van der Waals surface area contributed by atoms with E-state index >= 15 is 0 Å². The monoisotopic (exact) mass is 178 g/mol. The molecule has 0 amide bonds. The zero-order valence-electron chi connectivity index (χ0n) is 9.22. The molecule has 0 saturated heterocycles. The van der Waals surface area contributed by atoms with Crippen LogP contribution in [0, 0.1) is 5.92 Å². The van der Waals surface area contributed by atoms with Gasteiger partial charge in [-0.25, -0.2) is 0 Å². The first-order chi connectivity index (χ1) is 6.20. The van der Waals surface area contributed by atoms with Crippen molar-refractivity contribution in [1.29, 1.82) is 0 Å². The number of hydrogen-bond acceptors (Lipinski definition) is 0. The Hall–Kier alpha value is -0.780. The highest BCUT2D eigenvalue weighted by molar-refractivity contribution is 5.20. The fourth-order valence-electron chi connectivity index (χ4n) is 1.23. The fraction of sp³-hybridized carbons (Fsp3) is 0.538. The Labute approximate surface area is 83.0 Å². The van der Waals surface area contributed by atoms with Crippen LogP contribution in [0.3, 0.4) is 0 Å². The van der Waals surface area contributed by atoms with E-state index in [0.29, 0.717) is 0 Å². The Morgan fingerprint density at radius 3 is 2.54 bits per heavy atom. The molecule has 0 unspecified atom stereocenters. The third-order valence-corrected chi connectivity index (χ3v) is 2.06.